The van der Waals surface area contributed by atoms with Gasteiger partial charge < -0.3 is 9.73 Å². The number of aryl methyl sites for hydroxylation is 1. The minimum absolute atomic E-state index is 0.0971. The highest BCUT2D eigenvalue weighted by atomic mass is 35.5. The van der Waals surface area contributed by atoms with Crippen LogP contribution in [0.25, 0.3) is 11.0 Å². The van der Waals surface area contributed by atoms with E-state index in [9.17, 15) is 14.9 Å². The molecule has 3 aromatic rings. The molecular formula is C19H13ClN2O3S. The second-order valence-electron chi connectivity index (χ2n) is 6.10. The van der Waals surface area contributed by atoms with Crippen LogP contribution in [0.3, 0.4) is 0 Å². The second-order valence-corrected chi connectivity index (χ2v) is 7.64. The molecule has 26 heavy (non-hydrogen) atoms. The van der Waals surface area contributed by atoms with Crippen LogP contribution < -0.4 is 10.7 Å². The summed E-state index contributed by atoms with van der Waals surface area (Å²) in [4.78, 5) is 26.0. The van der Waals surface area contributed by atoms with Gasteiger partial charge in [0.2, 0.25) is 0 Å². The van der Waals surface area contributed by atoms with Gasteiger partial charge in [-0.2, -0.15) is 5.26 Å². The van der Waals surface area contributed by atoms with Gasteiger partial charge in [-0.15, -0.1) is 11.3 Å². The average molecular weight is 385 g/mol. The summed E-state index contributed by atoms with van der Waals surface area (Å²) in [5, 5.41) is 13.5. The maximum Gasteiger partial charge on any atom is 0.292 e. The van der Waals surface area contributed by atoms with E-state index in [0.29, 0.717) is 21.0 Å². The third-order valence-electron chi connectivity index (χ3n) is 4.42. The summed E-state index contributed by atoms with van der Waals surface area (Å²) in [7, 11) is 0. The van der Waals surface area contributed by atoms with E-state index in [1.54, 1.807) is 12.1 Å². The quantitative estimate of drug-likeness (QED) is 0.704. The summed E-state index contributed by atoms with van der Waals surface area (Å²) in [5.41, 5.74) is 1.50. The minimum Gasteiger partial charge on any atom is -0.451 e. The molecule has 1 aromatic carbocycles. The zero-order chi connectivity index (χ0) is 18.3. The summed E-state index contributed by atoms with van der Waals surface area (Å²) in [6.45, 7) is 0. The molecule has 1 N–H and O–H groups in total. The Labute approximate surface area is 157 Å². The fraction of sp³-hybridized carbons (Fsp3) is 0.211. The normalized spacial score (nSPS) is 13.2. The zero-order valence-corrected chi connectivity index (χ0v) is 15.2. The fourth-order valence-corrected chi connectivity index (χ4v) is 4.58. The molecular weight excluding hydrogens is 372 g/mol. The molecule has 0 saturated heterocycles. The number of nitrogens with one attached hydrogen (secondary N) is 1. The zero-order valence-electron chi connectivity index (χ0n) is 13.6. The number of hydrogen-bond acceptors (Lipinski definition) is 5. The molecule has 130 valence electrons. The van der Waals surface area contributed by atoms with Crippen LogP contribution in [-0.4, -0.2) is 5.91 Å². The highest BCUT2D eigenvalue weighted by Gasteiger charge is 2.23. The Kier molecular flexibility index (Phi) is 4.27. The molecule has 5 nitrogen and oxygen atoms in total. The van der Waals surface area contributed by atoms with Crippen LogP contribution in [0.4, 0.5) is 5.00 Å². The van der Waals surface area contributed by atoms with Crippen LogP contribution in [0.5, 0.6) is 0 Å². The number of carbonyl (C=O) groups is 1. The van der Waals surface area contributed by atoms with Crippen molar-refractivity contribution in [3.05, 3.63) is 61.3 Å². The van der Waals surface area contributed by atoms with Gasteiger partial charge in [0.05, 0.1) is 10.9 Å². The van der Waals surface area contributed by atoms with Crippen LogP contribution in [0.2, 0.25) is 5.02 Å². The van der Waals surface area contributed by atoms with Crippen LogP contribution in [0.1, 0.15) is 39.4 Å². The number of anilines is 1. The lowest BCUT2D eigenvalue weighted by Crippen LogP contribution is -2.15. The standard InChI is InChI=1S/C19H13ClN2O3S/c20-10-5-6-15-12(7-10)14(23)8-16(25-15)18(24)22-19-13(9-21)11-3-1-2-4-17(11)26-19/h5-8H,1-4H2,(H,22,24). The van der Waals surface area contributed by atoms with Crippen LogP contribution in [0, 0.1) is 11.3 Å². The van der Waals surface area contributed by atoms with Gasteiger partial charge in [-0.3, -0.25) is 9.59 Å². The largest absolute Gasteiger partial charge is 0.451 e. The molecule has 2 heterocycles. The van der Waals surface area contributed by atoms with Gasteiger partial charge in [-0.05, 0) is 49.4 Å². The molecule has 0 fully saturated rings. The Morgan fingerprint density at radius 1 is 1.27 bits per heavy atom. The smallest absolute Gasteiger partial charge is 0.292 e. The monoisotopic (exact) mass is 384 g/mol. The molecule has 2 aromatic heterocycles. The Morgan fingerprint density at radius 2 is 2.08 bits per heavy atom. The van der Waals surface area contributed by atoms with Gasteiger partial charge >= 0.3 is 0 Å². The molecule has 0 spiro atoms. The van der Waals surface area contributed by atoms with E-state index < -0.39 is 5.91 Å². The average Bonchev–Trinajstić information content (AvgIpc) is 2.99. The summed E-state index contributed by atoms with van der Waals surface area (Å²) >= 11 is 7.32. The van der Waals surface area contributed by atoms with Gasteiger partial charge in [-0.1, -0.05) is 11.6 Å². The minimum atomic E-state index is -0.547. The predicted molar refractivity (Wildman–Crippen MR) is 101 cm³/mol. The van der Waals surface area contributed by atoms with Crippen LogP contribution in [-0.2, 0) is 12.8 Å². The number of rotatable bonds is 2. The number of nitrogens with zero attached hydrogens (tertiary/aromatic N) is 1. The van der Waals surface area contributed by atoms with Crippen molar-refractivity contribution in [3.8, 4) is 6.07 Å². The molecule has 0 atom stereocenters. The SMILES string of the molecule is N#Cc1c(NC(=O)c2cc(=O)c3cc(Cl)ccc3o2)sc2c1CCCC2. The molecule has 1 aliphatic carbocycles. The van der Waals surface area contributed by atoms with E-state index in [-0.39, 0.29) is 16.8 Å². The van der Waals surface area contributed by atoms with Gasteiger partial charge in [0, 0.05) is 16.0 Å². The lowest BCUT2D eigenvalue weighted by atomic mass is 9.96. The molecule has 0 unspecified atom stereocenters. The van der Waals surface area contributed by atoms with E-state index in [1.165, 1.54) is 17.4 Å². The van der Waals surface area contributed by atoms with Crippen LogP contribution in [0.15, 0.2) is 33.5 Å². The van der Waals surface area contributed by atoms with Crippen LogP contribution >= 0.6 is 22.9 Å². The Hall–Kier alpha value is -2.62. The molecule has 0 bridgehead atoms. The van der Waals surface area contributed by atoms with E-state index in [4.69, 9.17) is 16.0 Å². The van der Waals surface area contributed by atoms with Gasteiger partial charge in [0.1, 0.15) is 16.7 Å². The maximum atomic E-state index is 12.6. The summed E-state index contributed by atoms with van der Waals surface area (Å²) in [6.07, 6.45) is 3.93. The van der Waals surface area contributed by atoms with Gasteiger partial charge in [0.15, 0.2) is 11.2 Å². The number of amides is 1. The van der Waals surface area contributed by atoms with Crippen molar-refractivity contribution in [2.24, 2.45) is 0 Å². The highest BCUT2D eigenvalue weighted by Crippen LogP contribution is 2.37. The molecule has 4 rings (SSSR count). The number of carbonyl (C=O) groups excluding carboxylic acids is 1. The Bertz CT molecular complexity index is 1140. The van der Waals surface area contributed by atoms with Crippen molar-refractivity contribution in [1.82, 2.24) is 0 Å². The van der Waals surface area contributed by atoms with Gasteiger partial charge in [-0.25, -0.2) is 0 Å². The first-order chi connectivity index (χ1) is 12.6. The fourth-order valence-electron chi connectivity index (χ4n) is 3.18. The van der Waals surface area contributed by atoms with Crippen molar-refractivity contribution in [2.75, 3.05) is 5.32 Å². The van der Waals surface area contributed by atoms with E-state index in [0.717, 1.165) is 42.2 Å². The number of benzene rings is 1. The molecule has 7 heteroatoms. The first-order valence-electron chi connectivity index (χ1n) is 8.16. The molecule has 1 amide bonds. The lowest BCUT2D eigenvalue weighted by Gasteiger charge is -2.09. The molecule has 0 saturated carbocycles. The van der Waals surface area contributed by atoms with Gasteiger partial charge in [0.25, 0.3) is 5.91 Å². The van der Waals surface area contributed by atoms with Crippen molar-refractivity contribution in [3.63, 3.8) is 0 Å². The number of halogens is 1. The summed E-state index contributed by atoms with van der Waals surface area (Å²) in [5.74, 6) is -0.644. The van der Waals surface area contributed by atoms with Crippen molar-refractivity contribution >= 4 is 44.8 Å². The Morgan fingerprint density at radius 3 is 2.88 bits per heavy atom. The number of fused-ring (bicyclic) bond motifs is 2. The second kappa shape index (κ2) is 6.60. The van der Waals surface area contributed by atoms with E-state index in [1.807, 2.05) is 0 Å². The first-order valence-corrected chi connectivity index (χ1v) is 9.35. The topological polar surface area (TPSA) is 83.1 Å². The third-order valence-corrected chi connectivity index (χ3v) is 5.87. The highest BCUT2D eigenvalue weighted by molar-refractivity contribution is 7.16. The Balaban J connectivity index is 1.70. The molecule has 1 aliphatic rings. The lowest BCUT2D eigenvalue weighted by molar-refractivity contribution is 0.0997. The maximum absolute atomic E-state index is 12.6. The number of thiophene rings is 1. The molecule has 0 radical (unpaired) electrons. The van der Waals surface area contributed by atoms with Crippen molar-refractivity contribution in [1.29, 1.82) is 5.26 Å². The third kappa shape index (κ3) is 2.90. The molecule has 0 aliphatic heterocycles. The summed E-state index contributed by atoms with van der Waals surface area (Å²) < 4.78 is 5.56. The first kappa shape index (κ1) is 16.8. The number of hydrogen-bond donors (Lipinski definition) is 1. The van der Waals surface area contributed by atoms with E-state index >= 15 is 0 Å². The predicted octanol–water partition coefficient (Wildman–Crippen LogP) is 4.51. The van der Waals surface area contributed by atoms with Crippen molar-refractivity contribution in [2.45, 2.75) is 25.7 Å². The van der Waals surface area contributed by atoms with Crippen molar-refractivity contribution < 1.29 is 9.21 Å². The summed E-state index contributed by atoms with van der Waals surface area (Å²) in [6, 6.07) is 8.00. The number of nitriles is 1. The van der Waals surface area contributed by atoms with E-state index in [2.05, 4.69) is 11.4 Å².